The van der Waals surface area contributed by atoms with E-state index in [-0.39, 0.29) is 34.8 Å². The molecule has 0 aliphatic heterocycles. The molecule has 1 aliphatic carbocycles. The molecule has 0 spiro atoms. The van der Waals surface area contributed by atoms with Crippen LogP contribution in [0.25, 0.3) is 10.9 Å². The maximum absolute atomic E-state index is 13.1. The number of hydrogen-bond donors (Lipinski definition) is 1. The van der Waals surface area contributed by atoms with Crippen LogP contribution in [0, 0.1) is 0 Å². The summed E-state index contributed by atoms with van der Waals surface area (Å²) in [5, 5.41) is 19.8. The predicted octanol–water partition coefficient (Wildman–Crippen LogP) is 3.78. The van der Waals surface area contributed by atoms with E-state index < -0.39 is 22.4 Å². The van der Waals surface area contributed by atoms with Crippen molar-refractivity contribution in [3.05, 3.63) is 56.6 Å². The number of aryl methyl sites for hydroxylation is 1. The number of rotatable bonds is 4. The third-order valence-corrected chi connectivity index (χ3v) is 5.67. The topological polar surface area (TPSA) is 72.9 Å². The fraction of sp³-hybridized carbons (Fsp3) is 0.421. The zero-order chi connectivity index (χ0) is 21.1. The van der Waals surface area contributed by atoms with Crippen molar-refractivity contribution in [1.82, 2.24) is 19.6 Å². The van der Waals surface area contributed by atoms with Crippen LogP contribution in [0.15, 0.2) is 29.2 Å². The van der Waals surface area contributed by atoms with Gasteiger partial charge in [-0.1, -0.05) is 24.6 Å². The summed E-state index contributed by atoms with van der Waals surface area (Å²) in [6.07, 6.45) is -1.25. The molecule has 1 saturated carbocycles. The quantitative estimate of drug-likeness (QED) is 0.689. The van der Waals surface area contributed by atoms with E-state index in [1.807, 2.05) is 0 Å². The van der Waals surface area contributed by atoms with Crippen molar-refractivity contribution in [1.29, 1.82) is 0 Å². The first-order chi connectivity index (χ1) is 13.6. The second kappa shape index (κ2) is 6.56. The van der Waals surface area contributed by atoms with Crippen molar-refractivity contribution in [2.45, 2.75) is 44.0 Å². The Morgan fingerprint density at radius 3 is 2.55 bits per heavy atom. The fourth-order valence-electron chi connectivity index (χ4n) is 3.68. The maximum atomic E-state index is 13.1. The maximum Gasteiger partial charge on any atom is 0.417 e. The minimum Gasteiger partial charge on any atom is -0.379 e. The van der Waals surface area contributed by atoms with E-state index in [2.05, 4.69) is 10.2 Å². The second-order valence-electron chi connectivity index (χ2n) is 7.27. The number of alkyl halides is 3. The average Bonchev–Trinajstić information content (AvgIpc) is 3.42. The molecule has 4 rings (SSSR count). The zero-order valence-electron chi connectivity index (χ0n) is 15.7. The molecule has 6 nitrogen and oxygen atoms in total. The van der Waals surface area contributed by atoms with E-state index in [0.29, 0.717) is 5.39 Å². The molecule has 1 aliphatic rings. The van der Waals surface area contributed by atoms with Crippen molar-refractivity contribution < 1.29 is 18.3 Å². The third-order valence-electron chi connectivity index (χ3n) is 5.35. The monoisotopic (exact) mass is 426 g/mol. The first-order valence-electron chi connectivity index (χ1n) is 9.12. The Hall–Kier alpha value is -2.39. The molecule has 1 aromatic carbocycles. The van der Waals surface area contributed by atoms with Crippen LogP contribution in [0.5, 0.6) is 0 Å². The summed E-state index contributed by atoms with van der Waals surface area (Å²) in [4.78, 5) is 12.7. The van der Waals surface area contributed by atoms with Gasteiger partial charge in [-0.15, -0.1) is 0 Å². The van der Waals surface area contributed by atoms with Gasteiger partial charge < -0.3 is 5.11 Å². The molecule has 0 radical (unpaired) electrons. The van der Waals surface area contributed by atoms with Crippen molar-refractivity contribution in [3.63, 3.8) is 0 Å². The van der Waals surface area contributed by atoms with Crippen LogP contribution >= 0.6 is 11.6 Å². The molecule has 3 aromatic rings. The van der Waals surface area contributed by atoms with Crippen molar-refractivity contribution in [3.8, 4) is 0 Å². The van der Waals surface area contributed by atoms with E-state index >= 15 is 0 Å². The standard InChI is InChI=1S/C19H18ClF3N4O2/c1-3-18(29,10-4-7-13(14(20)8-10)19(21,22)23)16-12-9-24-27(11-5-6-11)17(28)15(12)25-26(16)2/h4,7-9,11,29H,3,5-6H2,1-2H3/t18-/m0/s1. The summed E-state index contributed by atoms with van der Waals surface area (Å²) in [7, 11) is 1.57. The third kappa shape index (κ3) is 3.12. The molecule has 1 atom stereocenters. The van der Waals surface area contributed by atoms with Gasteiger partial charge in [0.25, 0.3) is 5.56 Å². The summed E-state index contributed by atoms with van der Waals surface area (Å²) in [6.45, 7) is 1.68. The van der Waals surface area contributed by atoms with Crippen LogP contribution in [0.3, 0.4) is 0 Å². The van der Waals surface area contributed by atoms with Gasteiger partial charge in [-0.05, 0) is 37.0 Å². The highest BCUT2D eigenvalue weighted by atomic mass is 35.5. The van der Waals surface area contributed by atoms with Crippen LogP contribution in [0.1, 0.15) is 49.0 Å². The lowest BCUT2D eigenvalue weighted by atomic mass is 9.86. The number of nitrogens with zero attached hydrogens (tertiary/aromatic N) is 4. The number of halogens is 4. The van der Waals surface area contributed by atoms with E-state index in [1.165, 1.54) is 21.6 Å². The van der Waals surface area contributed by atoms with Crippen molar-refractivity contribution in [2.24, 2.45) is 7.05 Å². The molecule has 1 fully saturated rings. The minimum atomic E-state index is -4.60. The smallest absolute Gasteiger partial charge is 0.379 e. The Bertz CT molecular complexity index is 1170. The highest BCUT2D eigenvalue weighted by Gasteiger charge is 2.39. The van der Waals surface area contributed by atoms with Gasteiger partial charge >= 0.3 is 6.18 Å². The van der Waals surface area contributed by atoms with Gasteiger partial charge in [0.05, 0.1) is 33.9 Å². The molecular formula is C19H18ClF3N4O2. The summed E-state index contributed by atoms with van der Waals surface area (Å²) in [6, 6.07) is 3.20. The molecule has 1 N–H and O–H groups in total. The van der Waals surface area contributed by atoms with Crippen LogP contribution < -0.4 is 5.56 Å². The van der Waals surface area contributed by atoms with Crippen LogP contribution in [-0.4, -0.2) is 24.7 Å². The molecule has 154 valence electrons. The summed E-state index contributed by atoms with van der Waals surface area (Å²) in [5.74, 6) is 0. The SMILES string of the molecule is CC[C@](O)(c1ccc(C(F)(F)F)c(Cl)c1)c1c2cnn(C3CC3)c(=O)c2nn1C. The Morgan fingerprint density at radius 1 is 1.31 bits per heavy atom. The molecule has 0 unspecified atom stereocenters. The van der Waals surface area contributed by atoms with Gasteiger partial charge in [-0.25, -0.2) is 4.68 Å². The van der Waals surface area contributed by atoms with Gasteiger partial charge in [0.1, 0.15) is 5.60 Å². The van der Waals surface area contributed by atoms with E-state index in [0.717, 1.165) is 25.0 Å². The summed E-state index contributed by atoms with van der Waals surface area (Å²) >= 11 is 5.87. The Morgan fingerprint density at radius 2 is 2.00 bits per heavy atom. The number of fused-ring (bicyclic) bond motifs is 1. The van der Waals surface area contributed by atoms with Gasteiger partial charge in [-0.3, -0.25) is 9.48 Å². The highest BCUT2D eigenvalue weighted by molar-refractivity contribution is 6.31. The van der Waals surface area contributed by atoms with Gasteiger partial charge in [0, 0.05) is 7.05 Å². The first kappa shape index (κ1) is 19.9. The Kier molecular flexibility index (Phi) is 4.51. The average molecular weight is 427 g/mol. The van der Waals surface area contributed by atoms with Gasteiger partial charge in [-0.2, -0.15) is 23.4 Å². The van der Waals surface area contributed by atoms with Crippen molar-refractivity contribution in [2.75, 3.05) is 0 Å². The molecule has 10 heteroatoms. The Balaban J connectivity index is 1.90. The van der Waals surface area contributed by atoms with Crippen molar-refractivity contribution >= 4 is 22.5 Å². The van der Waals surface area contributed by atoms with Gasteiger partial charge in [0.15, 0.2) is 5.52 Å². The lowest BCUT2D eigenvalue weighted by Gasteiger charge is -2.28. The molecule has 2 aromatic heterocycles. The van der Waals surface area contributed by atoms with E-state index in [9.17, 15) is 23.1 Å². The second-order valence-corrected chi connectivity index (χ2v) is 7.67. The molecule has 0 bridgehead atoms. The summed E-state index contributed by atoms with van der Waals surface area (Å²) in [5.41, 5.74) is -2.43. The fourth-order valence-corrected chi connectivity index (χ4v) is 3.97. The molecule has 0 saturated heterocycles. The lowest BCUT2D eigenvalue weighted by Crippen LogP contribution is -2.30. The number of aliphatic hydroxyl groups is 1. The largest absolute Gasteiger partial charge is 0.417 e. The number of hydrogen-bond acceptors (Lipinski definition) is 4. The van der Waals surface area contributed by atoms with E-state index in [4.69, 9.17) is 11.6 Å². The zero-order valence-corrected chi connectivity index (χ0v) is 16.4. The highest BCUT2D eigenvalue weighted by Crippen LogP contribution is 2.41. The summed E-state index contributed by atoms with van der Waals surface area (Å²) < 4.78 is 41.9. The lowest BCUT2D eigenvalue weighted by molar-refractivity contribution is -0.137. The normalized spacial score (nSPS) is 16.9. The number of aromatic nitrogens is 4. The van der Waals surface area contributed by atoms with Crippen LogP contribution in [-0.2, 0) is 18.8 Å². The first-order valence-corrected chi connectivity index (χ1v) is 9.50. The van der Waals surface area contributed by atoms with Crippen LogP contribution in [0.4, 0.5) is 13.2 Å². The molecule has 0 amide bonds. The molecule has 2 heterocycles. The van der Waals surface area contributed by atoms with Gasteiger partial charge in [0.2, 0.25) is 0 Å². The molecule has 29 heavy (non-hydrogen) atoms. The predicted molar refractivity (Wildman–Crippen MR) is 101 cm³/mol. The Labute approximate surface area is 168 Å². The number of benzene rings is 1. The molecular weight excluding hydrogens is 409 g/mol. The van der Waals surface area contributed by atoms with E-state index in [1.54, 1.807) is 14.0 Å². The minimum absolute atomic E-state index is 0.0659. The van der Waals surface area contributed by atoms with Crippen LogP contribution in [0.2, 0.25) is 5.02 Å².